The molecule has 4 heteroatoms. The van der Waals surface area contributed by atoms with E-state index in [1.54, 1.807) is 0 Å². The predicted molar refractivity (Wildman–Crippen MR) is 46.9 cm³/mol. The molecule has 0 aromatic heterocycles. The highest BCUT2D eigenvalue weighted by Gasteiger charge is 2.28. The van der Waals surface area contributed by atoms with Crippen LogP contribution in [0.3, 0.4) is 0 Å². The van der Waals surface area contributed by atoms with E-state index < -0.39 is 5.54 Å². The lowest BCUT2D eigenvalue weighted by atomic mass is 10.0. The smallest absolute Gasteiger partial charge is 0.0883 e. The third-order valence-corrected chi connectivity index (χ3v) is 2.07. The van der Waals surface area contributed by atoms with E-state index in [1.807, 2.05) is 13.8 Å². The Bertz CT molecular complexity index is 107. The number of rotatable bonds is 6. The van der Waals surface area contributed by atoms with Crippen molar-refractivity contribution >= 4 is 0 Å². The summed E-state index contributed by atoms with van der Waals surface area (Å²) in [6.07, 6.45) is 0.891. The molecule has 74 valence electrons. The number of aliphatic hydroxyl groups excluding tert-OH is 3. The van der Waals surface area contributed by atoms with Crippen molar-refractivity contribution in [1.29, 1.82) is 0 Å². The first-order valence-electron chi connectivity index (χ1n) is 4.24. The molecule has 4 N–H and O–H groups in total. The Labute approximate surface area is 73.2 Å². The molecule has 0 saturated carbocycles. The van der Waals surface area contributed by atoms with Crippen LogP contribution in [0.15, 0.2) is 0 Å². The van der Waals surface area contributed by atoms with Crippen molar-refractivity contribution in [1.82, 2.24) is 5.32 Å². The Kier molecular flexibility index (Phi) is 5.41. The van der Waals surface area contributed by atoms with Gasteiger partial charge in [0, 0.05) is 6.04 Å². The van der Waals surface area contributed by atoms with Gasteiger partial charge in [-0.25, -0.2) is 0 Å². The molecule has 0 radical (unpaired) electrons. The van der Waals surface area contributed by atoms with E-state index >= 15 is 0 Å². The van der Waals surface area contributed by atoms with Gasteiger partial charge in [0.2, 0.25) is 0 Å². The number of aliphatic hydroxyl groups is 3. The van der Waals surface area contributed by atoms with Crippen molar-refractivity contribution in [2.45, 2.75) is 31.8 Å². The maximum Gasteiger partial charge on any atom is 0.0883 e. The van der Waals surface area contributed by atoms with Crippen molar-refractivity contribution in [3.63, 3.8) is 0 Å². The van der Waals surface area contributed by atoms with Gasteiger partial charge in [0.15, 0.2) is 0 Å². The molecule has 0 heterocycles. The van der Waals surface area contributed by atoms with Crippen molar-refractivity contribution in [2.24, 2.45) is 0 Å². The fourth-order valence-electron chi connectivity index (χ4n) is 0.912. The van der Waals surface area contributed by atoms with Gasteiger partial charge in [-0.3, -0.25) is 0 Å². The van der Waals surface area contributed by atoms with E-state index in [9.17, 15) is 0 Å². The molecular formula is C8H19NO3. The van der Waals surface area contributed by atoms with Crippen LogP contribution in [-0.4, -0.2) is 46.7 Å². The average Bonchev–Trinajstić information content (AvgIpc) is 2.14. The van der Waals surface area contributed by atoms with Gasteiger partial charge in [0.05, 0.1) is 25.4 Å². The van der Waals surface area contributed by atoms with Gasteiger partial charge in [-0.05, 0) is 13.3 Å². The largest absolute Gasteiger partial charge is 0.394 e. The zero-order chi connectivity index (χ0) is 9.61. The average molecular weight is 177 g/mol. The summed E-state index contributed by atoms with van der Waals surface area (Å²) < 4.78 is 0. The third kappa shape index (κ3) is 3.06. The van der Waals surface area contributed by atoms with Crippen LogP contribution in [0.1, 0.15) is 20.3 Å². The lowest BCUT2D eigenvalue weighted by Crippen LogP contribution is -2.57. The van der Waals surface area contributed by atoms with Gasteiger partial charge in [-0.2, -0.15) is 0 Å². The molecule has 1 atom stereocenters. The maximum absolute atomic E-state index is 8.94. The normalized spacial score (nSPS) is 14.8. The zero-order valence-electron chi connectivity index (χ0n) is 7.75. The lowest BCUT2D eigenvalue weighted by molar-refractivity contribution is 0.0353. The first-order chi connectivity index (χ1) is 5.64. The van der Waals surface area contributed by atoms with Gasteiger partial charge in [0.25, 0.3) is 0 Å². The fourth-order valence-corrected chi connectivity index (χ4v) is 0.912. The molecule has 4 nitrogen and oxygen atoms in total. The molecule has 0 aromatic carbocycles. The van der Waals surface area contributed by atoms with Gasteiger partial charge in [-0.1, -0.05) is 6.92 Å². The Morgan fingerprint density at radius 3 is 1.83 bits per heavy atom. The second kappa shape index (κ2) is 5.48. The molecular weight excluding hydrogens is 158 g/mol. The first-order valence-corrected chi connectivity index (χ1v) is 4.24. The molecule has 0 saturated heterocycles. The molecule has 0 amide bonds. The Hall–Kier alpha value is -0.160. The predicted octanol–water partition coefficient (Wildman–Crippen LogP) is -0.910. The van der Waals surface area contributed by atoms with Crippen LogP contribution in [0, 0.1) is 0 Å². The van der Waals surface area contributed by atoms with Crippen molar-refractivity contribution < 1.29 is 15.3 Å². The summed E-state index contributed by atoms with van der Waals surface area (Å²) in [4.78, 5) is 0. The Morgan fingerprint density at radius 2 is 1.58 bits per heavy atom. The molecule has 0 aromatic rings. The van der Waals surface area contributed by atoms with Crippen LogP contribution in [0.5, 0.6) is 0 Å². The molecule has 0 aliphatic heterocycles. The molecule has 0 bridgehead atoms. The van der Waals surface area contributed by atoms with Crippen LogP contribution in [-0.2, 0) is 0 Å². The maximum atomic E-state index is 8.94. The quantitative estimate of drug-likeness (QED) is 0.424. The van der Waals surface area contributed by atoms with Crippen molar-refractivity contribution in [2.75, 3.05) is 19.8 Å². The van der Waals surface area contributed by atoms with Crippen LogP contribution in [0.25, 0.3) is 0 Å². The highest BCUT2D eigenvalue weighted by Crippen LogP contribution is 2.04. The summed E-state index contributed by atoms with van der Waals surface area (Å²) >= 11 is 0. The molecule has 1 unspecified atom stereocenters. The van der Waals surface area contributed by atoms with E-state index in [0.29, 0.717) is 0 Å². The molecule has 0 spiro atoms. The van der Waals surface area contributed by atoms with Crippen LogP contribution < -0.4 is 5.32 Å². The van der Waals surface area contributed by atoms with E-state index in [0.717, 1.165) is 6.42 Å². The Morgan fingerprint density at radius 1 is 1.17 bits per heavy atom. The van der Waals surface area contributed by atoms with Gasteiger partial charge >= 0.3 is 0 Å². The molecule has 0 rings (SSSR count). The van der Waals surface area contributed by atoms with E-state index in [1.165, 1.54) is 0 Å². The zero-order valence-corrected chi connectivity index (χ0v) is 7.75. The first kappa shape index (κ1) is 11.8. The van der Waals surface area contributed by atoms with Gasteiger partial charge < -0.3 is 20.6 Å². The van der Waals surface area contributed by atoms with Crippen LogP contribution in [0.4, 0.5) is 0 Å². The summed E-state index contributed by atoms with van der Waals surface area (Å²) in [5, 5.41) is 29.8. The highest BCUT2D eigenvalue weighted by molar-refractivity contribution is 4.88. The molecule has 12 heavy (non-hydrogen) atoms. The second-order valence-corrected chi connectivity index (χ2v) is 3.21. The summed E-state index contributed by atoms with van der Waals surface area (Å²) in [6.45, 7) is 3.16. The highest BCUT2D eigenvalue weighted by atomic mass is 16.3. The van der Waals surface area contributed by atoms with Gasteiger partial charge in [-0.15, -0.1) is 0 Å². The molecule has 0 aliphatic rings. The molecule has 0 fully saturated rings. The SMILES string of the molecule is CCC(C)NC(CO)(CO)CO. The number of nitrogens with one attached hydrogen (secondary N) is 1. The van der Waals surface area contributed by atoms with E-state index in [2.05, 4.69) is 5.32 Å². The van der Waals surface area contributed by atoms with Crippen LogP contribution in [0.2, 0.25) is 0 Å². The third-order valence-electron chi connectivity index (χ3n) is 2.07. The fraction of sp³-hybridized carbons (Fsp3) is 1.00. The van der Waals surface area contributed by atoms with Crippen molar-refractivity contribution in [3.05, 3.63) is 0 Å². The summed E-state index contributed by atoms with van der Waals surface area (Å²) in [6, 6.07) is 0.177. The summed E-state index contributed by atoms with van der Waals surface area (Å²) in [5.41, 5.74) is -0.935. The summed E-state index contributed by atoms with van der Waals surface area (Å²) in [5.74, 6) is 0. The van der Waals surface area contributed by atoms with E-state index in [4.69, 9.17) is 15.3 Å². The van der Waals surface area contributed by atoms with Gasteiger partial charge in [0.1, 0.15) is 0 Å². The number of hydrogen-bond acceptors (Lipinski definition) is 4. The number of hydrogen-bond donors (Lipinski definition) is 4. The molecule has 0 aliphatic carbocycles. The second-order valence-electron chi connectivity index (χ2n) is 3.21. The van der Waals surface area contributed by atoms with Crippen LogP contribution >= 0.6 is 0 Å². The van der Waals surface area contributed by atoms with E-state index in [-0.39, 0.29) is 25.9 Å². The summed E-state index contributed by atoms with van der Waals surface area (Å²) in [7, 11) is 0. The topological polar surface area (TPSA) is 72.7 Å². The lowest BCUT2D eigenvalue weighted by Gasteiger charge is -2.31. The van der Waals surface area contributed by atoms with Crippen molar-refractivity contribution in [3.8, 4) is 0 Å². The monoisotopic (exact) mass is 177 g/mol. The minimum Gasteiger partial charge on any atom is -0.394 e. The minimum absolute atomic E-state index is 0.177. The standard InChI is InChI=1S/C8H19NO3/c1-3-7(2)9-8(4-10,5-11)6-12/h7,9-12H,3-6H2,1-2H3. The minimum atomic E-state index is -0.935. The Balaban J connectivity index is 4.09.